The highest BCUT2D eigenvalue weighted by atomic mass is 16.6. The molecule has 0 bridgehead atoms. The van der Waals surface area contributed by atoms with Crippen molar-refractivity contribution in [3.05, 3.63) is 12.2 Å². The summed E-state index contributed by atoms with van der Waals surface area (Å²) in [7, 11) is 0. The maximum absolute atomic E-state index is 11.8. The summed E-state index contributed by atoms with van der Waals surface area (Å²) in [6.45, 7) is 7.67. The molecule has 1 unspecified atom stereocenters. The van der Waals surface area contributed by atoms with Crippen LogP contribution in [0, 0.1) is 0 Å². The minimum atomic E-state index is -0.744. The van der Waals surface area contributed by atoms with Crippen molar-refractivity contribution in [2.75, 3.05) is 85.8 Å². The van der Waals surface area contributed by atoms with Crippen molar-refractivity contribution in [2.24, 2.45) is 0 Å². The Bertz CT molecular complexity index is 760. The predicted octanol–water partition coefficient (Wildman–Crippen LogP) is -1.39. The van der Waals surface area contributed by atoms with Crippen LogP contribution in [0.5, 0.6) is 0 Å². The Morgan fingerprint density at radius 1 is 0.718 bits per heavy atom. The molecular formula is C25H41N3O11. The first-order valence-corrected chi connectivity index (χ1v) is 12.9. The summed E-state index contributed by atoms with van der Waals surface area (Å²) in [5.41, 5.74) is 0. The van der Waals surface area contributed by atoms with E-state index in [4.69, 9.17) is 28.4 Å². The Morgan fingerprint density at radius 2 is 1.13 bits per heavy atom. The normalized spacial score (nSPS) is 14.5. The van der Waals surface area contributed by atoms with Crippen LogP contribution in [0.25, 0.3) is 0 Å². The number of hydrogen-bond donors (Lipinski definition) is 2. The summed E-state index contributed by atoms with van der Waals surface area (Å²) in [5, 5.41) is 5.00. The van der Waals surface area contributed by atoms with Gasteiger partial charge < -0.3 is 43.8 Å². The van der Waals surface area contributed by atoms with E-state index in [9.17, 15) is 24.0 Å². The molecule has 1 heterocycles. The van der Waals surface area contributed by atoms with E-state index in [1.807, 2.05) is 0 Å². The van der Waals surface area contributed by atoms with Crippen molar-refractivity contribution in [3.8, 4) is 0 Å². The van der Waals surface area contributed by atoms with Crippen LogP contribution >= 0.6 is 0 Å². The van der Waals surface area contributed by atoms with Gasteiger partial charge in [0, 0.05) is 18.6 Å². The lowest BCUT2D eigenvalue weighted by molar-refractivity contribution is -0.137. The van der Waals surface area contributed by atoms with Gasteiger partial charge in [0.1, 0.15) is 12.3 Å². The van der Waals surface area contributed by atoms with E-state index in [2.05, 4.69) is 10.6 Å². The van der Waals surface area contributed by atoms with Crippen LogP contribution in [0.15, 0.2) is 12.2 Å². The fourth-order valence-corrected chi connectivity index (χ4v) is 2.94. The van der Waals surface area contributed by atoms with Gasteiger partial charge in [-0.2, -0.15) is 0 Å². The zero-order valence-electron chi connectivity index (χ0n) is 22.7. The molecule has 0 spiro atoms. The number of nitrogens with zero attached hydrogens (tertiary/aromatic N) is 1. The summed E-state index contributed by atoms with van der Waals surface area (Å²) >= 11 is 0. The molecule has 0 aromatic carbocycles. The molecule has 1 aliphatic rings. The fraction of sp³-hybridized carbons (Fsp3) is 0.720. The number of rotatable bonds is 25. The van der Waals surface area contributed by atoms with Crippen molar-refractivity contribution in [1.82, 2.24) is 15.5 Å². The first-order valence-electron chi connectivity index (χ1n) is 12.9. The molecule has 0 saturated heterocycles. The van der Waals surface area contributed by atoms with Gasteiger partial charge in [0.25, 0.3) is 11.8 Å². The average molecular weight is 560 g/mol. The lowest BCUT2D eigenvalue weighted by Crippen LogP contribution is -2.47. The molecule has 2 atom stereocenters. The third-order valence-electron chi connectivity index (χ3n) is 5.04. The first kappa shape index (κ1) is 34.3. The molecule has 39 heavy (non-hydrogen) atoms. The zero-order chi connectivity index (χ0) is 28.7. The van der Waals surface area contributed by atoms with Crippen molar-refractivity contribution in [2.45, 2.75) is 32.4 Å². The Kier molecular flexibility index (Phi) is 19.4. The second-order valence-electron chi connectivity index (χ2n) is 8.31. The number of aldehydes is 1. The van der Waals surface area contributed by atoms with Crippen LogP contribution < -0.4 is 10.6 Å². The monoisotopic (exact) mass is 559 g/mol. The second-order valence-corrected chi connectivity index (χ2v) is 8.31. The van der Waals surface area contributed by atoms with Crippen LogP contribution in [0.2, 0.25) is 0 Å². The lowest BCUT2D eigenvalue weighted by Gasteiger charge is -2.15. The minimum absolute atomic E-state index is 0.103. The van der Waals surface area contributed by atoms with Gasteiger partial charge >= 0.3 is 0 Å². The van der Waals surface area contributed by atoms with Gasteiger partial charge in [0.05, 0.1) is 91.9 Å². The standard InChI is InChI=1S/C25H41N3O11/c1-20(19-29)26-25(33)21(2)27-22(30)5-7-34-9-11-36-13-15-38-17-18-39-16-14-37-12-10-35-8-6-28-23(31)3-4-24(28)32/h3-4,19-21H,5-18H2,1-2H3,(H,26,33)(H,27,30)/t20-,21?/m1/s1. The molecule has 0 aliphatic carbocycles. The SMILES string of the molecule is CC(NC(=O)CCOCCOCCOCCOCCOCCOCCN1C(=O)C=CC1=O)C(=O)N[C@H](C)C=O. The van der Waals surface area contributed by atoms with Crippen LogP contribution in [-0.4, -0.2) is 133 Å². The van der Waals surface area contributed by atoms with E-state index in [1.165, 1.54) is 19.1 Å². The van der Waals surface area contributed by atoms with Crippen LogP contribution in [-0.2, 0) is 52.4 Å². The second kappa shape index (κ2) is 22.1. The van der Waals surface area contributed by atoms with E-state index < -0.39 is 18.0 Å². The molecule has 0 saturated carbocycles. The van der Waals surface area contributed by atoms with Crippen molar-refractivity contribution in [3.63, 3.8) is 0 Å². The van der Waals surface area contributed by atoms with Crippen molar-refractivity contribution < 1.29 is 52.4 Å². The number of hydrogen-bond acceptors (Lipinski definition) is 11. The highest BCUT2D eigenvalue weighted by Gasteiger charge is 2.22. The fourth-order valence-electron chi connectivity index (χ4n) is 2.94. The summed E-state index contributed by atoms with van der Waals surface area (Å²) < 4.78 is 32.2. The maximum atomic E-state index is 11.8. The van der Waals surface area contributed by atoms with Crippen molar-refractivity contribution in [1.29, 1.82) is 0 Å². The molecule has 14 heteroatoms. The van der Waals surface area contributed by atoms with Gasteiger partial charge in [-0.25, -0.2) is 0 Å². The largest absolute Gasteiger partial charge is 0.379 e. The Morgan fingerprint density at radius 3 is 1.56 bits per heavy atom. The van der Waals surface area contributed by atoms with Gasteiger partial charge in [-0.3, -0.25) is 24.1 Å². The summed E-state index contributed by atoms with van der Waals surface area (Å²) in [6, 6.07) is -1.35. The van der Waals surface area contributed by atoms with Crippen LogP contribution in [0.4, 0.5) is 0 Å². The molecule has 0 radical (unpaired) electrons. The predicted molar refractivity (Wildman–Crippen MR) is 137 cm³/mol. The molecule has 1 rings (SSSR count). The highest BCUT2D eigenvalue weighted by Crippen LogP contribution is 2.02. The molecule has 222 valence electrons. The molecule has 2 N–H and O–H groups in total. The number of amides is 4. The van der Waals surface area contributed by atoms with E-state index in [0.717, 1.165) is 4.90 Å². The summed E-state index contributed by atoms with van der Waals surface area (Å²) in [6.07, 6.45) is 3.19. The number of ether oxygens (including phenoxy) is 6. The van der Waals surface area contributed by atoms with E-state index in [1.54, 1.807) is 6.92 Å². The summed E-state index contributed by atoms with van der Waals surface area (Å²) in [4.78, 5) is 58.0. The van der Waals surface area contributed by atoms with Crippen LogP contribution in [0.3, 0.4) is 0 Å². The third kappa shape index (κ3) is 17.5. The topological polar surface area (TPSA) is 168 Å². The Hall–Kier alpha value is -2.75. The first-order chi connectivity index (χ1) is 18.8. The van der Waals surface area contributed by atoms with Gasteiger partial charge in [-0.1, -0.05) is 0 Å². The van der Waals surface area contributed by atoms with Gasteiger partial charge in [-0.15, -0.1) is 0 Å². The molecule has 1 aliphatic heterocycles. The zero-order valence-corrected chi connectivity index (χ0v) is 22.7. The number of imide groups is 1. The van der Waals surface area contributed by atoms with E-state index in [-0.39, 0.29) is 43.9 Å². The van der Waals surface area contributed by atoms with E-state index in [0.29, 0.717) is 72.4 Å². The minimum Gasteiger partial charge on any atom is -0.379 e. The highest BCUT2D eigenvalue weighted by molar-refractivity contribution is 6.12. The smallest absolute Gasteiger partial charge is 0.253 e. The quantitative estimate of drug-likeness (QED) is 0.0767. The molecule has 0 fully saturated rings. The van der Waals surface area contributed by atoms with Gasteiger partial charge in [0.2, 0.25) is 11.8 Å². The number of carbonyl (C=O) groups is 5. The van der Waals surface area contributed by atoms with Crippen molar-refractivity contribution >= 4 is 29.9 Å². The molecular weight excluding hydrogens is 518 g/mol. The lowest BCUT2D eigenvalue weighted by atomic mass is 10.2. The third-order valence-corrected chi connectivity index (χ3v) is 5.04. The van der Waals surface area contributed by atoms with Gasteiger partial charge in [-0.05, 0) is 13.8 Å². The average Bonchev–Trinajstić information content (AvgIpc) is 3.23. The number of nitrogens with one attached hydrogen (secondary N) is 2. The molecule has 14 nitrogen and oxygen atoms in total. The van der Waals surface area contributed by atoms with E-state index >= 15 is 0 Å². The molecule has 0 aromatic heterocycles. The maximum Gasteiger partial charge on any atom is 0.253 e. The van der Waals surface area contributed by atoms with Crippen LogP contribution in [0.1, 0.15) is 20.3 Å². The Balaban J connectivity index is 1.77. The van der Waals surface area contributed by atoms with Gasteiger partial charge in [0.15, 0.2) is 0 Å². The molecule has 0 aromatic rings. The Labute approximate surface area is 228 Å². The summed E-state index contributed by atoms with van der Waals surface area (Å²) in [5.74, 6) is -1.39. The number of carbonyl (C=O) groups excluding carboxylic acids is 5. The molecule has 4 amide bonds.